The predicted octanol–water partition coefficient (Wildman–Crippen LogP) is 3.43. The van der Waals surface area contributed by atoms with E-state index < -0.39 is 0 Å². The Morgan fingerprint density at radius 2 is 1.81 bits per heavy atom. The monoisotopic (exact) mass is 284 g/mol. The molecule has 1 atom stereocenters. The molecule has 0 bridgehead atoms. The van der Waals surface area contributed by atoms with Crippen LogP contribution in [0.5, 0.6) is 5.75 Å². The van der Waals surface area contributed by atoms with Crippen molar-refractivity contribution in [3.05, 3.63) is 64.2 Å². The molecule has 0 fully saturated rings. The van der Waals surface area contributed by atoms with Crippen molar-refractivity contribution in [1.29, 1.82) is 0 Å². The Kier molecular flexibility index (Phi) is 4.99. The van der Waals surface area contributed by atoms with Crippen LogP contribution in [0.3, 0.4) is 0 Å². The molecule has 3 nitrogen and oxygen atoms in total. The molecule has 2 rings (SSSR count). The fourth-order valence-electron chi connectivity index (χ4n) is 2.77. The number of nitrogens with one attached hydrogen (secondary N) is 1. The Hall–Kier alpha value is -1.84. The van der Waals surface area contributed by atoms with Crippen LogP contribution < -0.4 is 16.0 Å². The van der Waals surface area contributed by atoms with Gasteiger partial charge < -0.3 is 4.74 Å². The lowest BCUT2D eigenvalue weighted by atomic mass is 9.92. The van der Waals surface area contributed by atoms with E-state index in [1.54, 1.807) is 7.11 Å². The van der Waals surface area contributed by atoms with Crippen molar-refractivity contribution in [3.8, 4) is 5.75 Å². The van der Waals surface area contributed by atoms with Gasteiger partial charge in [0.05, 0.1) is 13.2 Å². The van der Waals surface area contributed by atoms with Crippen LogP contribution in [0.2, 0.25) is 0 Å². The quantitative estimate of drug-likeness (QED) is 0.653. The highest BCUT2D eigenvalue weighted by molar-refractivity contribution is 5.48. The molecule has 2 aromatic rings. The number of nitrogens with two attached hydrogens (primary N) is 1. The lowest BCUT2D eigenvalue weighted by molar-refractivity contribution is 0.403. The summed E-state index contributed by atoms with van der Waals surface area (Å²) in [5.74, 6) is 6.70. The van der Waals surface area contributed by atoms with Crippen LogP contribution in [0, 0.1) is 13.8 Å². The summed E-state index contributed by atoms with van der Waals surface area (Å²) in [5, 5.41) is 0. The molecule has 0 radical (unpaired) electrons. The third kappa shape index (κ3) is 3.26. The van der Waals surface area contributed by atoms with Gasteiger partial charge in [-0.05, 0) is 48.6 Å². The second-order valence-electron chi connectivity index (χ2n) is 5.39. The van der Waals surface area contributed by atoms with E-state index in [-0.39, 0.29) is 6.04 Å². The number of aryl methyl sites for hydroxylation is 3. The fraction of sp³-hybridized carbons (Fsp3) is 0.333. The number of rotatable bonds is 5. The summed E-state index contributed by atoms with van der Waals surface area (Å²) >= 11 is 0. The molecule has 0 aliphatic heterocycles. The molecule has 1 unspecified atom stereocenters. The van der Waals surface area contributed by atoms with Crippen molar-refractivity contribution in [2.24, 2.45) is 5.84 Å². The number of hydrazine groups is 1. The maximum atomic E-state index is 5.83. The van der Waals surface area contributed by atoms with Crippen molar-refractivity contribution in [3.63, 3.8) is 0 Å². The lowest BCUT2D eigenvalue weighted by Gasteiger charge is -2.22. The third-order valence-corrected chi connectivity index (χ3v) is 3.89. The normalized spacial score (nSPS) is 12.2. The zero-order valence-electron chi connectivity index (χ0n) is 13.2. The second-order valence-corrected chi connectivity index (χ2v) is 5.39. The molecular weight excluding hydrogens is 260 g/mol. The Morgan fingerprint density at radius 1 is 1.14 bits per heavy atom. The first-order chi connectivity index (χ1) is 10.1. The molecule has 112 valence electrons. The molecule has 0 heterocycles. The van der Waals surface area contributed by atoms with Crippen LogP contribution in [-0.4, -0.2) is 7.11 Å². The van der Waals surface area contributed by atoms with E-state index in [0.717, 1.165) is 23.3 Å². The minimum Gasteiger partial charge on any atom is -0.496 e. The molecule has 3 N–H and O–H groups in total. The predicted molar refractivity (Wildman–Crippen MR) is 87.5 cm³/mol. The van der Waals surface area contributed by atoms with E-state index in [9.17, 15) is 0 Å². The first-order valence-corrected chi connectivity index (χ1v) is 7.30. The summed E-state index contributed by atoms with van der Waals surface area (Å²) in [5.41, 5.74) is 8.84. The summed E-state index contributed by atoms with van der Waals surface area (Å²) in [7, 11) is 1.70. The summed E-state index contributed by atoms with van der Waals surface area (Å²) in [4.78, 5) is 0. The van der Waals surface area contributed by atoms with Crippen molar-refractivity contribution in [1.82, 2.24) is 5.43 Å². The van der Waals surface area contributed by atoms with Crippen molar-refractivity contribution in [2.45, 2.75) is 33.2 Å². The average molecular weight is 284 g/mol. The zero-order chi connectivity index (χ0) is 15.4. The summed E-state index contributed by atoms with van der Waals surface area (Å²) in [6, 6.07) is 12.7. The maximum Gasteiger partial charge on any atom is 0.124 e. The van der Waals surface area contributed by atoms with Gasteiger partial charge in [0.15, 0.2) is 0 Å². The molecule has 0 amide bonds. The average Bonchev–Trinajstić information content (AvgIpc) is 2.50. The van der Waals surface area contributed by atoms with Gasteiger partial charge in [-0.15, -0.1) is 0 Å². The standard InChI is InChI=1S/C18H24N2O/c1-5-14-6-8-15(9-7-14)18(20-19)17-13(3)10-12(2)11-16(17)21-4/h6-11,18,20H,5,19H2,1-4H3. The molecule has 3 heteroatoms. The minimum absolute atomic E-state index is 0.0774. The smallest absolute Gasteiger partial charge is 0.124 e. The van der Waals surface area contributed by atoms with Crippen LogP contribution in [0.25, 0.3) is 0 Å². The van der Waals surface area contributed by atoms with Crippen LogP contribution in [0.1, 0.15) is 40.8 Å². The Morgan fingerprint density at radius 3 is 2.33 bits per heavy atom. The van der Waals surface area contributed by atoms with E-state index >= 15 is 0 Å². The highest BCUT2D eigenvalue weighted by atomic mass is 16.5. The van der Waals surface area contributed by atoms with Gasteiger partial charge >= 0.3 is 0 Å². The molecule has 0 aromatic heterocycles. The SMILES string of the molecule is CCc1ccc(C(NN)c2c(C)cc(C)cc2OC)cc1. The van der Waals surface area contributed by atoms with Crippen LogP contribution in [-0.2, 0) is 6.42 Å². The molecule has 0 aliphatic rings. The van der Waals surface area contributed by atoms with E-state index in [1.807, 2.05) is 6.07 Å². The largest absolute Gasteiger partial charge is 0.496 e. The minimum atomic E-state index is -0.0774. The van der Waals surface area contributed by atoms with E-state index in [4.69, 9.17) is 10.6 Å². The third-order valence-electron chi connectivity index (χ3n) is 3.89. The Bertz CT molecular complexity index is 605. The summed E-state index contributed by atoms with van der Waals surface area (Å²) in [6.07, 6.45) is 1.04. The highest BCUT2D eigenvalue weighted by Gasteiger charge is 2.19. The van der Waals surface area contributed by atoms with Gasteiger partial charge in [-0.3, -0.25) is 5.84 Å². The fourth-order valence-corrected chi connectivity index (χ4v) is 2.77. The second kappa shape index (κ2) is 6.74. The van der Waals surface area contributed by atoms with E-state index in [1.165, 1.54) is 16.7 Å². The summed E-state index contributed by atoms with van der Waals surface area (Å²) in [6.45, 7) is 6.32. The van der Waals surface area contributed by atoms with Gasteiger partial charge in [0.25, 0.3) is 0 Å². The summed E-state index contributed by atoms with van der Waals surface area (Å²) < 4.78 is 5.56. The van der Waals surface area contributed by atoms with Crippen LogP contribution in [0.15, 0.2) is 36.4 Å². The van der Waals surface area contributed by atoms with Gasteiger partial charge in [0, 0.05) is 5.56 Å². The highest BCUT2D eigenvalue weighted by Crippen LogP contribution is 2.33. The molecule has 0 saturated carbocycles. The number of hydrogen-bond acceptors (Lipinski definition) is 3. The van der Waals surface area contributed by atoms with E-state index in [0.29, 0.717) is 0 Å². The maximum absolute atomic E-state index is 5.83. The van der Waals surface area contributed by atoms with Crippen molar-refractivity contribution in [2.75, 3.05) is 7.11 Å². The number of hydrogen-bond donors (Lipinski definition) is 2. The molecule has 21 heavy (non-hydrogen) atoms. The molecule has 0 spiro atoms. The Labute approximate surface area is 127 Å². The number of benzene rings is 2. The van der Waals surface area contributed by atoms with Crippen molar-refractivity contribution >= 4 is 0 Å². The van der Waals surface area contributed by atoms with Gasteiger partial charge in [-0.25, -0.2) is 5.43 Å². The van der Waals surface area contributed by atoms with Gasteiger partial charge in [0.2, 0.25) is 0 Å². The molecule has 0 aliphatic carbocycles. The lowest BCUT2D eigenvalue weighted by Crippen LogP contribution is -2.29. The first-order valence-electron chi connectivity index (χ1n) is 7.30. The van der Waals surface area contributed by atoms with Crippen LogP contribution >= 0.6 is 0 Å². The molecular formula is C18H24N2O. The molecule has 2 aromatic carbocycles. The van der Waals surface area contributed by atoms with Gasteiger partial charge in [-0.2, -0.15) is 0 Å². The van der Waals surface area contributed by atoms with E-state index in [2.05, 4.69) is 56.5 Å². The van der Waals surface area contributed by atoms with Crippen LogP contribution in [0.4, 0.5) is 0 Å². The van der Waals surface area contributed by atoms with Crippen molar-refractivity contribution < 1.29 is 4.74 Å². The topological polar surface area (TPSA) is 47.3 Å². The van der Waals surface area contributed by atoms with Gasteiger partial charge in [-0.1, -0.05) is 37.3 Å². The Balaban J connectivity index is 2.50. The van der Waals surface area contributed by atoms with Gasteiger partial charge in [0.1, 0.15) is 5.75 Å². The number of methoxy groups -OCH3 is 1. The first kappa shape index (κ1) is 15.5. The molecule has 0 saturated heterocycles. The zero-order valence-corrected chi connectivity index (χ0v) is 13.2. The number of ether oxygens (including phenoxy) is 1.